The van der Waals surface area contributed by atoms with Gasteiger partial charge in [0.05, 0.1) is 11.4 Å². The van der Waals surface area contributed by atoms with Crippen LogP contribution in [0.4, 0.5) is 17.1 Å². The molecule has 1 aliphatic heterocycles. The summed E-state index contributed by atoms with van der Waals surface area (Å²) in [5, 5.41) is 0. The highest BCUT2D eigenvalue weighted by Crippen LogP contribution is 2.48. The van der Waals surface area contributed by atoms with Gasteiger partial charge in [0.1, 0.15) is 0 Å². The van der Waals surface area contributed by atoms with Crippen LogP contribution in [0, 0.1) is 6.92 Å². The number of anilines is 3. The summed E-state index contributed by atoms with van der Waals surface area (Å²) in [4.78, 5) is 2.33. The molecule has 0 amide bonds. The Labute approximate surface area is 131 Å². The van der Waals surface area contributed by atoms with Crippen LogP contribution in [-0.2, 0) is 0 Å². The van der Waals surface area contributed by atoms with E-state index in [0.29, 0.717) is 0 Å². The summed E-state index contributed by atoms with van der Waals surface area (Å²) in [5.74, 6) is 0. The van der Waals surface area contributed by atoms with Crippen LogP contribution in [0.25, 0.3) is 5.57 Å². The fraction of sp³-hybridized carbons (Fsp3) is 0.0476. The molecule has 1 aliphatic rings. The van der Waals surface area contributed by atoms with Crippen molar-refractivity contribution in [2.24, 2.45) is 0 Å². The Hall–Kier alpha value is -2.80. The van der Waals surface area contributed by atoms with Gasteiger partial charge in [0.25, 0.3) is 0 Å². The lowest BCUT2D eigenvalue weighted by Crippen LogP contribution is -2.18. The molecule has 0 saturated heterocycles. The molecule has 1 heterocycles. The third-order valence-corrected chi connectivity index (χ3v) is 4.28. The van der Waals surface area contributed by atoms with E-state index in [9.17, 15) is 0 Å². The molecule has 0 fully saturated rings. The number of hydrogen-bond donors (Lipinski definition) is 0. The number of aryl methyl sites for hydroxylation is 1. The van der Waals surface area contributed by atoms with E-state index in [2.05, 4.69) is 91.2 Å². The topological polar surface area (TPSA) is 3.24 Å². The molecule has 3 aromatic rings. The van der Waals surface area contributed by atoms with E-state index in [0.717, 1.165) is 5.57 Å². The van der Waals surface area contributed by atoms with Gasteiger partial charge in [0.15, 0.2) is 0 Å². The van der Waals surface area contributed by atoms with Crippen molar-refractivity contribution in [2.45, 2.75) is 6.92 Å². The highest BCUT2D eigenvalue weighted by molar-refractivity contribution is 6.01. The average molecular weight is 283 g/mol. The quantitative estimate of drug-likeness (QED) is 0.424. The van der Waals surface area contributed by atoms with E-state index in [1.54, 1.807) is 0 Å². The lowest BCUT2D eigenvalue weighted by molar-refractivity contribution is 1.22. The third-order valence-electron chi connectivity index (χ3n) is 4.28. The van der Waals surface area contributed by atoms with Gasteiger partial charge in [0.2, 0.25) is 0 Å². The SMILES string of the molecule is C=C1c2ccccc2N(c2ccccc2)c2cccc(C)c21. The Morgan fingerprint density at radius 1 is 0.727 bits per heavy atom. The summed E-state index contributed by atoms with van der Waals surface area (Å²) in [7, 11) is 0. The van der Waals surface area contributed by atoms with Gasteiger partial charge in [-0.1, -0.05) is 55.1 Å². The first-order chi connectivity index (χ1) is 10.8. The van der Waals surface area contributed by atoms with Crippen molar-refractivity contribution in [3.63, 3.8) is 0 Å². The molecule has 0 aromatic heterocycles. The summed E-state index contributed by atoms with van der Waals surface area (Å²) in [6.45, 7) is 6.51. The van der Waals surface area contributed by atoms with Crippen molar-refractivity contribution in [2.75, 3.05) is 4.90 Å². The smallest absolute Gasteiger partial charge is 0.0542 e. The first kappa shape index (κ1) is 12.9. The van der Waals surface area contributed by atoms with Crippen LogP contribution in [0.5, 0.6) is 0 Å². The number of hydrogen-bond acceptors (Lipinski definition) is 1. The highest BCUT2D eigenvalue weighted by atomic mass is 15.2. The second-order valence-electron chi connectivity index (χ2n) is 5.64. The Morgan fingerprint density at radius 3 is 2.23 bits per heavy atom. The molecular formula is C21H17N. The van der Waals surface area contributed by atoms with E-state index < -0.39 is 0 Å². The van der Waals surface area contributed by atoms with Gasteiger partial charge >= 0.3 is 0 Å². The molecule has 0 aliphatic carbocycles. The predicted molar refractivity (Wildman–Crippen MR) is 94.0 cm³/mol. The fourth-order valence-electron chi connectivity index (χ4n) is 3.27. The summed E-state index contributed by atoms with van der Waals surface area (Å²) in [6, 6.07) is 25.4. The summed E-state index contributed by atoms with van der Waals surface area (Å²) >= 11 is 0. The molecule has 0 spiro atoms. The molecule has 0 bridgehead atoms. The van der Waals surface area contributed by atoms with Gasteiger partial charge in [-0.15, -0.1) is 0 Å². The van der Waals surface area contributed by atoms with E-state index in [1.165, 1.54) is 33.8 Å². The zero-order valence-corrected chi connectivity index (χ0v) is 12.6. The predicted octanol–water partition coefficient (Wildman–Crippen LogP) is 5.84. The molecule has 0 saturated carbocycles. The first-order valence-corrected chi connectivity index (χ1v) is 7.51. The van der Waals surface area contributed by atoms with Crippen molar-refractivity contribution in [3.05, 3.63) is 96.1 Å². The van der Waals surface area contributed by atoms with Crippen molar-refractivity contribution in [1.29, 1.82) is 0 Å². The minimum atomic E-state index is 1.11. The van der Waals surface area contributed by atoms with Gasteiger partial charge < -0.3 is 4.90 Å². The van der Waals surface area contributed by atoms with Crippen LogP contribution in [0.1, 0.15) is 16.7 Å². The van der Waals surface area contributed by atoms with Crippen molar-refractivity contribution in [3.8, 4) is 0 Å². The minimum absolute atomic E-state index is 1.11. The van der Waals surface area contributed by atoms with E-state index in [-0.39, 0.29) is 0 Å². The molecule has 3 aromatic carbocycles. The standard InChI is InChI=1S/C21H17N/c1-15-9-8-14-20-21(15)16(2)18-12-6-7-13-19(18)22(20)17-10-4-3-5-11-17/h3-14H,2H2,1H3. The number of benzene rings is 3. The zero-order valence-electron chi connectivity index (χ0n) is 12.6. The highest BCUT2D eigenvalue weighted by Gasteiger charge is 2.26. The molecule has 0 unspecified atom stereocenters. The lowest BCUT2D eigenvalue weighted by atomic mass is 9.88. The Morgan fingerprint density at radius 2 is 1.41 bits per heavy atom. The van der Waals surface area contributed by atoms with Crippen LogP contribution in [0.3, 0.4) is 0 Å². The largest absolute Gasteiger partial charge is 0.309 e. The molecular weight excluding hydrogens is 266 g/mol. The number of para-hydroxylation sites is 2. The molecule has 0 radical (unpaired) electrons. The van der Waals surface area contributed by atoms with Crippen molar-refractivity contribution < 1.29 is 0 Å². The molecule has 1 heteroatoms. The van der Waals surface area contributed by atoms with E-state index in [4.69, 9.17) is 0 Å². The molecule has 0 atom stereocenters. The summed E-state index contributed by atoms with van der Waals surface area (Å²) < 4.78 is 0. The molecule has 1 nitrogen and oxygen atoms in total. The van der Waals surface area contributed by atoms with Gasteiger partial charge in [-0.05, 0) is 42.3 Å². The lowest BCUT2D eigenvalue weighted by Gasteiger charge is -2.35. The number of nitrogens with zero attached hydrogens (tertiary/aromatic N) is 1. The summed E-state index contributed by atoms with van der Waals surface area (Å²) in [5.41, 5.74) is 8.38. The minimum Gasteiger partial charge on any atom is -0.309 e. The maximum Gasteiger partial charge on any atom is 0.0542 e. The van der Waals surface area contributed by atoms with Crippen LogP contribution < -0.4 is 4.90 Å². The first-order valence-electron chi connectivity index (χ1n) is 7.51. The second-order valence-corrected chi connectivity index (χ2v) is 5.64. The van der Waals surface area contributed by atoms with Gasteiger partial charge in [0, 0.05) is 16.8 Å². The van der Waals surface area contributed by atoms with Gasteiger partial charge in [-0.25, -0.2) is 0 Å². The number of rotatable bonds is 1. The fourth-order valence-corrected chi connectivity index (χ4v) is 3.27. The Balaban J connectivity index is 2.06. The van der Waals surface area contributed by atoms with Crippen molar-refractivity contribution >= 4 is 22.6 Å². The maximum atomic E-state index is 4.36. The maximum absolute atomic E-state index is 4.36. The van der Waals surface area contributed by atoms with E-state index >= 15 is 0 Å². The van der Waals surface area contributed by atoms with Crippen molar-refractivity contribution in [1.82, 2.24) is 0 Å². The van der Waals surface area contributed by atoms with Gasteiger partial charge in [-0.3, -0.25) is 0 Å². The molecule has 106 valence electrons. The molecule has 22 heavy (non-hydrogen) atoms. The van der Waals surface area contributed by atoms with Crippen LogP contribution in [-0.4, -0.2) is 0 Å². The van der Waals surface area contributed by atoms with E-state index in [1.807, 2.05) is 0 Å². The monoisotopic (exact) mass is 283 g/mol. The summed E-state index contributed by atoms with van der Waals surface area (Å²) in [6.07, 6.45) is 0. The van der Waals surface area contributed by atoms with Crippen LogP contribution in [0.15, 0.2) is 79.4 Å². The Kier molecular flexibility index (Phi) is 2.87. The average Bonchev–Trinajstić information content (AvgIpc) is 2.56. The Bertz CT molecular complexity index is 862. The third kappa shape index (κ3) is 1.79. The normalized spacial score (nSPS) is 12.8. The number of fused-ring (bicyclic) bond motifs is 2. The van der Waals surface area contributed by atoms with Crippen LogP contribution >= 0.6 is 0 Å². The zero-order chi connectivity index (χ0) is 15.1. The second kappa shape index (κ2) is 4.88. The van der Waals surface area contributed by atoms with Gasteiger partial charge in [-0.2, -0.15) is 0 Å². The molecule has 4 rings (SSSR count). The molecule has 0 N–H and O–H groups in total. The van der Waals surface area contributed by atoms with Crippen LogP contribution in [0.2, 0.25) is 0 Å².